The number of carboxylic acid groups (broad SMARTS) is 1. The van der Waals surface area contributed by atoms with E-state index in [2.05, 4.69) is 4.98 Å². The van der Waals surface area contributed by atoms with Crippen LogP contribution in [0.4, 0.5) is 5.82 Å². The Morgan fingerprint density at radius 1 is 1.00 bits per heavy atom. The van der Waals surface area contributed by atoms with Crippen molar-refractivity contribution in [2.75, 3.05) is 18.9 Å². The molecule has 2 aromatic carbocycles. The Bertz CT molecular complexity index is 1030. The van der Waals surface area contributed by atoms with Crippen LogP contribution in [0.15, 0.2) is 60.8 Å². The van der Waals surface area contributed by atoms with Gasteiger partial charge in [-0.15, -0.1) is 0 Å². The maximum absolute atomic E-state index is 12.0. The normalized spacial score (nSPS) is 15.8. The Morgan fingerprint density at radius 2 is 1.62 bits per heavy atom. The summed E-state index contributed by atoms with van der Waals surface area (Å²) in [5, 5.41) is 10.5. The number of pyridine rings is 1. The third kappa shape index (κ3) is 3.71. The van der Waals surface area contributed by atoms with E-state index < -0.39 is 11.4 Å². The number of anilines is 1. The Kier molecular flexibility index (Phi) is 5.26. The summed E-state index contributed by atoms with van der Waals surface area (Å²) in [4.78, 5) is 16.3. The standard InChI is InChI=1S/C23H21ClN2O3/c24-19-7-3-16(4-8-19)20-13-17(14-26-21(20)25)15-1-5-18(6-2-15)23(22(27)28)9-11-29-12-10-23/h1-8,13-14H,9-12H2,(H2,25,26)(H,27,28). The average Bonchev–Trinajstić information content (AvgIpc) is 2.75. The lowest BCUT2D eigenvalue weighted by atomic mass is 9.74. The minimum atomic E-state index is -0.884. The minimum Gasteiger partial charge on any atom is -0.481 e. The third-order valence-electron chi connectivity index (χ3n) is 5.60. The number of carboxylic acids is 1. The number of aromatic nitrogens is 1. The maximum atomic E-state index is 12.0. The second-order valence-electron chi connectivity index (χ2n) is 7.24. The quantitative estimate of drug-likeness (QED) is 0.648. The molecule has 0 radical (unpaired) electrons. The van der Waals surface area contributed by atoms with Crippen LogP contribution in [-0.4, -0.2) is 29.3 Å². The van der Waals surface area contributed by atoms with Crippen LogP contribution >= 0.6 is 11.6 Å². The summed E-state index contributed by atoms with van der Waals surface area (Å²) in [6, 6.07) is 17.1. The zero-order chi connectivity index (χ0) is 20.4. The number of nitrogen functional groups attached to an aromatic ring is 1. The lowest BCUT2D eigenvalue weighted by Gasteiger charge is -2.33. The van der Waals surface area contributed by atoms with Crippen molar-refractivity contribution in [2.45, 2.75) is 18.3 Å². The second-order valence-corrected chi connectivity index (χ2v) is 7.68. The van der Waals surface area contributed by atoms with E-state index in [9.17, 15) is 9.90 Å². The minimum absolute atomic E-state index is 0.444. The first-order chi connectivity index (χ1) is 14.0. The molecule has 3 N–H and O–H groups in total. The first kappa shape index (κ1) is 19.4. The van der Waals surface area contributed by atoms with Crippen LogP contribution in [0.5, 0.6) is 0 Å². The third-order valence-corrected chi connectivity index (χ3v) is 5.85. The van der Waals surface area contributed by atoms with Crippen molar-refractivity contribution in [1.29, 1.82) is 0 Å². The van der Waals surface area contributed by atoms with E-state index in [1.807, 2.05) is 54.6 Å². The lowest BCUT2D eigenvalue weighted by Crippen LogP contribution is -2.41. The van der Waals surface area contributed by atoms with Gasteiger partial charge in [-0.25, -0.2) is 4.98 Å². The molecular weight excluding hydrogens is 388 g/mol. The van der Waals surface area contributed by atoms with Crippen LogP contribution in [0.1, 0.15) is 18.4 Å². The largest absolute Gasteiger partial charge is 0.481 e. The van der Waals surface area contributed by atoms with Gasteiger partial charge in [0.15, 0.2) is 0 Å². The van der Waals surface area contributed by atoms with Crippen molar-refractivity contribution in [2.24, 2.45) is 0 Å². The van der Waals surface area contributed by atoms with Crippen molar-refractivity contribution >= 4 is 23.4 Å². The molecule has 1 fully saturated rings. The summed E-state index contributed by atoms with van der Waals surface area (Å²) in [7, 11) is 0. The molecule has 0 amide bonds. The number of halogens is 1. The summed E-state index contributed by atoms with van der Waals surface area (Å²) in [6.45, 7) is 0.917. The van der Waals surface area contributed by atoms with E-state index in [1.54, 1.807) is 6.20 Å². The van der Waals surface area contributed by atoms with Crippen LogP contribution < -0.4 is 5.73 Å². The number of hydrogen-bond acceptors (Lipinski definition) is 4. The van der Waals surface area contributed by atoms with Gasteiger partial charge >= 0.3 is 5.97 Å². The summed E-state index contributed by atoms with van der Waals surface area (Å²) < 4.78 is 5.37. The van der Waals surface area contributed by atoms with Gasteiger partial charge in [0.25, 0.3) is 0 Å². The number of carbonyl (C=O) groups is 1. The molecule has 1 aromatic heterocycles. The highest BCUT2D eigenvalue weighted by Gasteiger charge is 2.41. The van der Waals surface area contributed by atoms with E-state index in [0.29, 0.717) is 36.9 Å². The Morgan fingerprint density at radius 3 is 2.24 bits per heavy atom. The van der Waals surface area contributed by atoms with E-state index in [4.69, 9.17) is 22.1 Å². The highest BCUT2D eigenvalue weighted by molar-refractivity contribution is 6.30. The molecule has 1 aliphatic heterocycles. The van der Waals surface area contributed by atoms with E-state index in [-0.39, 0.29) is 0 Å². The topological polar surface area (TPSA) is 85.4 Å². The molecular formula is C23H21ClN2O3. The van der Waals surface area contributed by atoms with Gasteiger partial charge in [-0.1, -0.05) is 48.0 Å². The van der Waals surface area contributed by atoms with E-state index in [0.717, 1.165) is 27.8 Å². The monoisotopic (exact) mass is 408 g/mol. The van der Waals surface area contributed by atoms with Gasteiger partial charge in [0.05, 0.1) is 5.41 Å². The molecule has 0 spiro atoms. The lowest BCUT2D eigenvalue weighted by molar-refractivity contribution is -0.147. The molecule has 0 saturated carbocycles. The zero-order valence-corrected chi connectivity index (χ0v) is 16.5. The summed E-state index contributed by atoms with van der Waals surface area (Å²) >= 11 is 5.98. The van der Waals surface area contributed by atoms with E-state index >= 15 is 0 Å². The van der Waals surface area contributed by atoms with Crippen molar-refractivity contribution in [3.8, 4) is 22.3 Å². The Balaban J connectivity index is 1.68. The van der Waals surface area contributed by atoms with E-state index in [1.165, 1.54) is 0 Å². The molecule has 0 bridgehead atoms. The fraction of sp³-hybridized carbons (Fsp3) is 0.217. The van der Waals surface area contributed by atoms with Gasteiger partial charge in [-0.3, -0.25) is 4.79 Å². The molecule has 0 unspecified atom stereocenters. The van der Waals surface area contributed by atoms with Crippen LogP contribution in [0, 0.1) is 0 Å². The molecule has 3 aromatic rings. The van der Waals surface area contributed by atoms with Gasteiger partial charge in [-0.2, -0.15) is 0 Å². The molecule has 0 atom stereocenters. The molecule has 0 aliphatic carbocycles. The van der Waals surface area contributed by atoms with Crippen LogP contribution in [0.25, 0.3) is 22.3 Å². The fourth-order valence-electron chi connectivity index (χ4n) is 3.82. The smallest absolute Gasteiger partial charge is 0.314 e. The summed E-state index contributed by atoms with van der Waals surface area (Å²) in [5.41, 5.74) is 9.63. The van der Waals surface area contributed by atoms with Crippen molar-refractivity contribution in [3.63, 3.8) is 0 Å². The second kappa shape index (κ2) is 7.85. The molecule has 1 aliphatic rings. The zero-order valence-electron chi connectivity index (χ0n) is 15.8. The number of ether oxygens (including phenoxy) is 1. The number of hydrogen-bond donors (Lipinski definition) is 2. The number of nitrogens with zero attached hydrogens (tertiary/aromatic N) is 1. The van der Waals surface area contributed by atoms with Crippen molar-refractivity contribution in [1.82, 2.24) is 4.98 Å². The highest BCUT2D eigenvalue weighted by atomic mass is 35.5. The highest BCUT2D eigenvalue weighted by Crippen LogP contribution is 2.37. The van der Waals surface area contributed by atoms with Crippen LogP contribution in [0.2, 0.25) is 5.02 Å². The predicted molar refractivity (Wildman–Crippen MR) is 114 cm³/mol. The van der Waals surface area contributed by atoms with Gasteiger partial charge in [0.1, 0.15) is 5.82 Å². The average molecular weight is 409 g/mol. The number of aliphatic carboxylic acids is 1. The molecule has 1 saturated heterocycles. The molecule has 4 rings (SSSR count). The molecule has 5 nitrogen and oxygen atoms in total. The predicted octanol–water partition coefficient (Wildman–Crippen LogP) is 4.78. The Hall–Kier alpha value is -2.89. The van der Waals surface area contributed by atoms with Gasteiger partial charge in [0, 0.05) is 35.6 Å². The van der Waals surface area contributed by atoms with Gasteiger partial charge in [-0.05, 0) is 47.7 Å². The number of rotatable bonds is 4. The number of benzene rings is 2. The summed E-state index contributed by atoms with van der Waals surface area (Å²) in [6.07, 6.45) is 2.68. The Labute approximate surface area is 174 Å². The number of nitrogens with two attached hydrogens (primary N) is 1. The van der Waals surface area contributed by atoms with Crippen molar-refractivity contribution < 1.29 is 14.6 Å². The SMILES string of the molecule is Nc1ncc(-c2ccc(C3(C(=O)O)CCOCC3)cc2)cc1-c1ccc(Cl)cc1. The first-order valence-corrected chi connectivity index (χ1v) is 9.81. The van der Waals surface area contributed by atoms with Gasteiger partial charge < -0.3 is 15.6 Å². The molecule has 6 heteroatoms. The molecule has 2 heterocycles. The van der Waals surface area contributed by atoms with Crippen LogP contribution in [-0.2, 0) is 14.9 Å². The molecule has 148 valence electrons. The van der Waals surface area contributed by atoms with Crippen molar-refractivity contribution in [3.05, 3.63) is 71.4 Å². The molecule has 29 heavy (non-hydrogen) atoms. The van der Waals surface area contributed by atoms with Crippen LogP contribution in [0.3, 0.4) is 0 Å². The maximum Gasteiger partial charge on any atom is 0.314 e. The first-order valence-electron chi connectivity index (χ1n) is 9.43. The fourth-order valence-corrected chi connectivity index (χ4v) is 3.95. The summed E-state index contributed by atoms with van der Waals surface area (Å²) in [5.74, 6) is -0.354. The van der Waals surface area contributed by atoms with Gasteiger partial charge in [0.2, 0.25) is 0 Å².